The number of nitrogens with one attached hydrogen (secondary N) is 1. The second-order valence-electron chi connectivity index (χ2n) is 14.8. The topological polar surface area (TPSA) is 114 Å². The molecule has 1 fully saturated rings. The zero-order chi connectivity index (χ0) is 43.8. The maximum absolute atomic E-state index is 14.1. The first kappa shape index (κ1) is 47.2. The summed E-state index contributed by atoms with van der Waals surface area (Å²) in [5.41, 5.74) is 1.79. The molecule has 9 nitrogen and oxygen atoms in total. The first-order chi connectivity index (χ1) is 30.3. The van der Waals surface area contributed by atoms with Crippen LogP contribution in [0, 0.1) is 0 Å². The van der Waals surface area contributed by atoms with Gasteiger partial charge in [0.25, 0.3) is 0 Å². The molecule has 0 radical (unpaired) electrons. The minimum Gasteiger partial charge on any atom is -0.508 e. The highest BCUT2D eigenvalue weighted by Crippen LogP contribution is 2.41. The molecule has 62 heavy (non-hydrogen) atoms. The van der Waals surface area contributed by atoms with Crippen molar-refractivity contribution in [3.05, 3.63) is 151 Å². The number of hydrogen-bond acceptors (Lipinski definition) is 9. The van der Waals surface area contributed by atoms with Gasteiger partial charge in [0.15, 0.2) is 5.78 Å². The molecule has 3 aromatic carbocycles. The summed E-state index contributed by atoms with van der Waals surface area (Å²) in [5, 5.41) is 13.7. The molecule has 0 spiro atoms. The molecule has 2 N–H and O–H groups in total. The lowest BCUT2D eigenvalue weighted by Gasteiger charge is -2.26. The van der Waals surface area contributed by atoms with E-state index in [9.17, 15) is 19.5 Å². The summed E-state index contributed by atoms with van der Waals surface area (Å²) in [5.74, 6) is 0.145. The van der Waals surface area contributed by atoms with Gasteiger partial charge < -0.3 is 24.6 Å². The lowest BCUT2D eigenvalue weighted by molar-refractivity contribution is -0.138. The predicted molar refractivity (Wildman–Crippen MR) is 252 cm³/mol. The summed E-state index contributed by atoms with van der Waals surface area (Å²) in [6.07, 6.45) is 32.2. The van der Waals surface area contributed by atoms with Crippen LogP contribution in [-0.4, -0.2) is 73.2 Å². The summed E-state index contributed by atoms with van der Waals surface area (Å²) < 4.78 is 17.7. The van der Waals surface area contributed by atoms with Crippen LogP contribution in [0.25, 0.3) is 20.5 Å². The Morgan fingerprint density at radius 2 is 1.35 bits per heavy atom. The molecule has 2 heterocycles. The molecule has 0 bridgehead atoms. The van der Waals surface area contributed by atoms with Crippen LogP contribution in [0.5, 0.6) is 17.2 Å². The van der Waals surface area contributed by atoms with E-state index in [2.05, 4.69) is 77.9 Å². The standard InChI is InChI=1S/C52H60N2O7S/c1-3-4-5-6-7-8-9-10-11-12-13-14-15-16-17-18-19-20-21-22-48(56)53-40(2)52(58)61-45-30-25-42(26-31-45)51-49(46-32-27-43(55)39-47(46)62-51)50(57)41-23-28-44(29-24-41)60-38-35-54-33-36-59-37-34-54/h4-5,7-8,10-11,13-14,16-17,19-20,23-32,39-40,55H,3,6,9,12,15,18,21-22,33-38H2,1-2H3,(H,53,56)/b5-4-,8-7-,11-10-,14-13-,17-16-,20-19-. The van der Waals surface area contributed by atoms with Crippen molar-refractivity contribution in [2.24, 2.45) is 0 Å². The van der Waals surface area contributed by atoms with E-state index < -0.39 is 12.0 Å². The Kier molecular flexibility index (Phi) is 20.2. The van der Waals surface area contributed by atoms with Crippen LogP contribution in [0.15, 0.2) is 140 Å². The highest BCUT2D eigenvalue weighted by molar-refractivity contribution is 7.22. The number of thiophene rings is 1. The lowest BCUT2D eigenvalue weighted by Crippen LogP contribution is -2.40. The van der Waals surface area contributed by atoms with Crippen LogP contribution in [-0.2, 0) is 14.3 Å². The quantitative estimate of drug-likeness (QED) is 0.0310. The van der Waals surface area contributed by atoms with Gasteiger partial charge in [-0.3, -0.25) is 14.5 Å². The fourth-order valence-corrected chi connectivity index (χ4v) is 7.82. The van der Waals surface area contributed by atoms with Gasteiger partial charge in [-0.05, 0) is 124 Å². The Labute approximate surface area is 370 Å². The monoisotopic (exact) mass is 856 g/mol. The third-order valence-electron chi connectivity index (χ3n) is 10.00. The van der Waals surface area contributed by atoms with Gasteiger partial charge in [0.1, 0.15) is 29.9 Å². The van der Waals surface area contributed by atoms with Crippen LogP contribution in [0.4, 0.5) is 0 Å². The zero-order valence-electron chi connectivity index (χ0n) is 36.0. The highest BCUT2D eigenvalue weighted by atomic mass is 32.1. The Morgan fingerprint density at radius 3 is 1.97 bits per heavy atom. The number of carbonyl (C=O) groups excluding carboxylic acids is 3. The van der Waals surface area contributed by atoms with E-state index >= 15 is 0 Å². The number of esters is 1. The summed E-state index contributed by atoms with van der Waals surface area (Å²) in [7, 11) is 0. The van der Waals surface area contributed by atoms with Gasteiger partial charge in [-0.15, -0.1) is 11.3 Å². The Bertz CT molecular complexity index is 2210. The third-order valence-corrected chi connectivity index (χ3v) is 11.2. The van der Waals surface area contributed by atoms with Crippen molar-refractivity contribution >= 4 is 39.1 Å². The molecule has 1 aromatic heterocycles. The van der Waals surface area contributed by atoms with E-state index in [0.717, 1.165) is 91.9 Å². The Balaban J connectivity index is 1.04. The second kappa shape index (κ2) is 26.5. The van der Waals surface area contributed by atoms with Gasteiger partial charge in [-0.1, -0.05) is 79.8 Å². The number of hydrogen-bond donors (Lipinski definition) is 2. The van der Waals surface area contributed by atoms with Crippen molar-refractivity contribution in [2.45, 2.75) is 71.3 Å². The molecule has 1 aliphatic heterocycles. The highest BCUT2D eigenvalue weighted by Gasteiger charge is 2.23. The number of nitrogens with zero attached hydrogens (tertiary/aromatic N) is 1. The molecule has 1 unspecified atom stereocenters. The van der Waals surface area contributed by atoms with Crippen molar-refractivity contribution < 1.29 is 33.7 Å². The lowest BCUT2D eigenvalue weighted by atomic mass is 9.97. The number of morpholine rings is 1. The largest absolute Gasteiger partial charge is 0.508 e. The van der Waals surface area contributed by atoms with Crippen LogP contribution in [0.1, 0.15) is 81.1 Å². The second-order valence-corrected chi connectivity index (χ2v) is 15.9. The Morgan fingerprint density at radius 1 is 0.774 bits per heavy atom. The number of amides is 1. The molecule has 1 atom stereocenters. The molecular weight excluding hydrogens is 797 g/mol. The summed E-state index contributed by atoms with van der Waals surface area (Å²) in [6.45, 7) is 8.35. The first-order valence-corrected chi connectivity index (χ1v) is 22.5. The van der Waals surface area contributed by atoms with E-state index in [0.29, 0.717) is 35.7 Å². The molecule has 0 saturated carbocycles. The fourth-order valence-electron chi connectivity index (χ4n) is 6.58. The van der Waals surface area contributed by atoms with Crippen molar-refractivity contribution in [2.75, 3.05) is 39.5 Å². The van der Waals surface area contributed by atoms with Gasteiger partial charge in [-0.25, -0.2) is 4.79 Å². The maximum Gasteiger partial charge on any atom is 0.333 e. The molecular formula is C52H60N2O7S. The number of ketones is 1. The van der Waals surface area contributed by atoms with Crippen molar-refractivity contribution in [3.8, 4) is 27.7 Å². The number of phenols is 1. The smallest absolute Gasteiger partial charge is 0.333 e. The minimum absolute atomic E-state index is 0.111. The van der Waals surface area contributed by atoms with Gasteiger partial charge >= 0.3 is 5.97 Å². The molecule has 326 valence electrons. The molecule has 1 aliphatic rings. The van der Waals surface area contributed by atoms with Crippen LogP contribution in [0.2, 0.25) is 0 Å². The van der Waals surface area contributed by atoms with Gasteiger partial charge in [0.2, 0.25) is 5.91 Å². The summed E-state index contributed by atoms with van der Waals surface area (Å²) in [6, 6.07) is 18.3. The van der Waals surface area contributed by atoms with E-state index in [4.69, 9.17) is 14.2 Å². The number of carbonyl (C=O) groups is 3. The van der Waals surface area contributed by atoms with Crippen molar-refractivity contribution in [1.82, 2.24) is 10.2 Å². The van der Waals surface area contributed by atoms with Crippen LogP contribution in [0.3, 0.4) is 0 Å². The number of benzene rings is 3. The van der Waals surface area contributed by atoms with E-state index in [1.807, 2.05) is 24.3 Å². The number of fused-ring (bicyclic) bond motifs is 1. The van der Waals surface area contributed by atoms with E-state index in [1.165, 1.54) is 11.3 Å². The van der Waals surface area contributed by atoms with Crippen LogP contribution >= 0.6 is 11.3 Å². The molecule has 10 heteroatoms. The normalized spacial score (nSPS) is 14.4. The average Bonchev–Trinajstić information content (AvgIpc) is 3.66. The SMILES string of the molecule is CC/C=C\C/C=C\C/C=C\C/C=C\C/C=C\C/C=C\CCC(=O)NC(C)C(=O)Oc1ccc(-c2sc3cc(O)ccc3c2C(=O)c2ccc(OCCN3CCOCC3)cc2)cc1. The number of allylic oxidation sites excluding steroid dienone is 12. The molecule has 1 saturated heterocycles. The number of rotatable bonds is 24. The van der Waals surface area contributed by atoms with Gasteiger partial charge in [0, 0.05) is 52.1 Å². The maximum atomic E-state index is 14.1. The molecule has 0 aliphatic carbocycles. The zero-order valence-corrected chi connectivity index (χ0v) is 36.8. The van der Waals surface area contributed by atoms with Crippen LogP contribution < -0.4 is 14.8 Å². The van der Waals surface area contributed by atoms with Crippen molar-refractivity contribution in [3.63, 3.8) is 0 Å². The van der Waals surface area contributed by atoms with Gasteiger partial charge in [-0.2, -0.15) is 0 Å². The molecule has 4 aromatic rings. The minimum atomic E-state index is -0.839. The number of aromatic hydroxyl groups is 1. The van der Waals surface area contributed by atoms with E-state index in [1.54, 1.807) is 61.5 Å². The molecule has 5 rings (SSSR count). The summed E-state index contributed by atoms with van der Waals surface area (Å²) in [4.78, 5) is 42.6. The Hall–Kier alpha value is -5.81. The average molecular weight is 857 g/mol. The number of phenolic OH excluding ortho intramolecular Hbond substituents is 1. The number of ether oxygens (including phenoxy) is 3. The predicted octanol–water partition coefficient (Wildman–Crippen LogP) is 11.1. The van der Waals surface area contributed by atoms with E-state index in [-0.39, 0.29) is 23.9 Å². The van der Waals surface area contributed by atoms with Gasteiger partial charge in [0.05, 0.1) is 13.2 Å². The first-order valence-electron chi connectivity index (χ1n) is 21.7. The molecule has 1 amide bonds. The van der Waals surface area contributed by atoms with Crippen molar-refractivity contribution in [1.29, 1.82) is 0 Å². The third kappa shape index (κ3) is 15.9. The summed E-state index contributed by atoms with van der Waals surface area (Å²) >= 11 is 1.40. The fraction of sp³-hybridized carbons (Fsp3) is 0.327.